The summed E-state index contributed by atoms with van der Waals surface area (Å²) in [6.07, 6.45) is 3.12. The quantitative estimate of drug-likeness (QED) is 0.345. The molecule has 0 unspecified atom stereocenters. The number of aryl methyl sites for hydroxylation is 3. The Labute approximate surface area is 166 Å². The van der Waals surface area contributed by atoms with E-state index in [0.717, 1.165) is 47.0 Å². The van der Waals surface area contributed by atoms with Crippen LogP contribution in [0.25, 0.3) is 16.7 Å². The summed E-state index contributed by atoms with van der Waals surface area (Å²) >= 11 is 1.57. The lowest BCUT2D eigenvalue weighted by molar-refractivity contribution is 0.392. The predicted molar refractivity (Wildman–Crippen MR) is 110 cm³/mol. The maximum atomic E-state index is 13.0. The van der Waals surface area contributed by atoms with Crippen LogP contribution in [0.4, 0.5) is 0 Å². The number of rotatable bonds is 7. The van der Waals surface area contributed by atoms with Crippen LogP contribution in [0, 0.1) is 13.8 Å². The smallest absolute Gasteiger partial charge is 0.262 e. The molecule has 0 aliphatic heterocycles. The van der Waals surface area contributed by atoms with Crippen molar-refractivity contribution >= 4 is 28.4 Å². The molecule has 0 N–H and O–H groups in total. The zero-order chi connectivity index (χ0) is 19.7. The SMILES string of the molecule is CCCCCn1c(=O)c2ccccc2n2c(SCc3c(C)noc3C)nnc12. The first-order valence-electron chi connectivity index (χ1n) is 9.53. The van der Waals surface area contributed by atoms with Gasteiger partial charge in [0.05, 0.1) is 16.6 Å². The van der Waals surface area contributed by atoms with Gasteiger partial charge in [0, 0.05) is 17.9 Å². The summed E-state index contributed by atoms with van der Waals surface area (Å²) in [5.41, 5.74) is 2.79. The lowest BCUT2D eigenvalue weighted by Gasteiger charge is -2.11. The second kappa shape index (κ2) is 7.79. The van der Waals surface area contributed by atoms with Crippen molar-refractivity contribution in [1.29, 1.82) is 0 Å². The third-order valence-electron chi connectivity index (χ3n) is 4.99. The molecule has 0 aliphatic rings. The van der Waals surface area contributed by atoms with Gasteiger partial charge in [0.1, 0.15) is 5.76 Å². The lowest BCUT2D eigenvalue weighted by atomic mass is 10.2. The minimum absolute atomic E-state index is 0.00567. The number of hydrogen-bond acceptors (Lipinski definition) is 6. The molecule has 0 fully saturated rings. The van der Waals surface area contributed by atoms with Crippen molar-refractivity contribution in [3.8, 4) is 0 Å². The molecule has 146 valence electrons. The van der Waals surface area contributed by atoms with Crippen molar-refractivity contribution in [1.82, 2.24) is 24.3 Å². The van der Waals surface area contributed by atoms with Gasteiger partial charge in [0.25, 0.3) is 5.56 Å². The van der Waals surface area contributed by atoms with Gasteiger partial charge >= 0.3 is 0 Å². The van der Waals surface area contributed by atoms with Crippen LogP contribution in [0.1, 0.15) is 43.2 Å². The van der Waals surface area contributed by atoms with E-state index < -0.39 is 0 Å². The van der Waals surface area contributed by atoms with E-state index >= 15 is 0 Å². The summed E-state index contributed by atoms with van der Waals surface area (Å²) in [6.45, 7) is 6.65. The van der Waals surface area contributed by atoms with Gasteiger partial charge < -0.3 is 4.52 Å². The minimum Gasteiger partial charge on any atom is -0.361 e. The van der Waals surface area contributed by atoms with Crippen molar-refractivity contribution in [3.05, 3.63) is 51.6 Å². The summed E-state index contributed by atoms with van der Waals surface area (Å²) in [7, 11) is 0. The van der Waals surface area contributed by atoms with Crippen molar-refractivity contribution in [2.24, 2.45) is 0 Å². The van der Waals surface area contributed by atoms with E-state index in [0.29, 0.717) is 23.5 Å². The molecular weight excluding hydrogens is 374 g/mol. The number of aromatic nitrogens is 5. The van der Waals surface area contributed by atoms with E-state index in [1.165, 1.54) is 0 Å². The molecule has 0 bridgehead atoms. The molecule has 0 amide bonds. The Bertz CT molecular complexity index is 1170. The van der Waals surface area contributed by atoms with E-state index in [-0.39, 0.29) is 5.56 Å². The largest absolute Gasteiger partial charge is 0.361 e. The molecule has 0 saturated carbocycles. The Morgan fingerprint density at radius 1 is 1.14 bits per heavy atom. The third-order valence-corrected chi connectivity index (χ3v) is 5.95. The lowest BCUT2D eigenvalue weighted by Crippen LogP contribution is -2.23. The number of thioether (sulfide) groups is 1. The summed E-state index contributed by atoms with van der Waals surface area (Å²) in [5, 5.41) is 14.2. The van der Waals surface area contributed by atoms with E-state index in [1.807, 2.05) is 42.5 Å². The maximum absolute atomic E-state index is 13.0. The number of benzene rings is 1. The Morgan fingerprint density at radius 3 is 2.71 bits per heavy atom. The number of hydrogen-bond donors (Lipinski definition) is 0. The van der Waals surface area contributed by atoms with Crippen LogP contribution < -0.4 is 5.56 Å². The third kappa shape index (κ3) is 3.22. The highest BCUT2D eigenvalue weighted by atomic mass is 32.2. The first-order chi connectivity index (χ1) is 13.6. The van der Waals surface area contributed by atoms with E-state index in [9.17, 15) is 4.79 Å². The average molecular weight is 398 g/mol. The Hall–Kier alpha value is -2.61. The van der Waals surface area contributed by atoms with Crippen molar-refractivity contribution in [2.75, 3.05) is 0 Å². The predicted octanol–water partition coefficient (Wildman–Crippen LogP) is 4.13. The summed E-state index contributed by atoms with van der Waals surface area (Å²) in [6, 6.07) is 7.65. The monoisotopic (exact) mass is 397 g/mol. The molecule has 0 saturated heterocycles. The van der Waals surface area contributed by atoms with Gasteiger partial charge in [-0.15, -0.1) is 10.2 Å². The zero-order valence-corrected chi connectivity index (χ0v) is 17.1. The molecule has 4 rings (SSSR count). The van der Waals surface area contributed by atoms with E-state index in [4.69, 9.17) is 4.52 Å². The van der Waals surface area contributed by atoms with Crippen molar-refractivity contribution in [3.63, 3.8) is 0 Å². The van der Waals surface area contributed by atoms with Crippen LogP contribution in [0.15, 0.2) is 38.7 Å². The molecule has 28 heavy (non-hydrogen) atoms. The Kier molecular flexibility index (Phi) is 5.21. The summed E-state index contributed by atoms with van der Waals surface area (Å²) in [4.78, 5) is 13.0. The molecule has 7 nitrogen and oxygen atoms in total. The summed E-state index contributed by atoms with van der Waals surface area (Å²) in [5.74, 6) is 2.10. The first kappa shape index (κ1) is 18.7. The van der Waals surface area contributed by atoms with Gasteiger partial charge in [-0.1, -0.05) is 48.8 Å². The molecule has 8 heteroatoms. The number of nitrogens with zero attached hydrogens (tertiary/aromatic N) is 5. The fourth-order valence-electron chi connectivity index (χ4n) is 3.39. The second-order valence-corrected chi connectivity index (χ2v) is 7.83. The van der Waals surface area contributed by atoms with Crippen LogP contribution in [0.5, 0.6) is 0 Å². The Balaban J connectivity index is 1.81. The molecule has 3 heterocycles. The normalized spacial score (nSPS) is 11.7. The van der Waals surface area contributed by atoms with E-state index in [1.54, 1.807) is 16.3 Å². The topological polar surface area (TPSA) is 78.2 Å². The van der Waals surface area contributed by atoms with Gasteiger partial charge in [-0.2, -0.15) is 0 Å². The van der Waals surface area contributed by atoms with Crippen LogP contribution >= 0.6 is 11.8 Å². The van der Waals surface area contributed by atoms with Crippen LogP contribution in [0.2, 0.25) is 0 Å². The standard InChI is InChI=1S/C20H23N5O2S/c1-4-5-8-11-24-18(26)15-9-6-7-10-17(15)25-19(24)21-22-20(25)28-12-16-13(2)23-27-14(16)3/h6-7,9-10H,4-5,8,11-12H2,1-3H3. The highest BCUT2D eigenvalue weighted by molar-refractivity contribution is 7.98. The van der Waals surface area contributed by atoms with Crippen molar-refractivity contribution in [2.45, 2.75) is 57.5 Å². The van der Waals surface area contributed by atoms with Crippen LogP contribution in [-0.2, 0) is 12.3 Å². The molecule has 0 spiro atoms. The highest BCUT2D eigenvalue weighted by Gasteiger charge is 2.18. The molecule has 3 aromatic heterocycles. The van der Waals surface area contributed by atoms with Gasteiger partial charge in [-0.05, 0) is 32.4 Å². The second-order valence-electron chi connectivity index (χ2n) is 6.89. The number of fused-ring (bicyclic) bond motifs is 3. The first-order valence-corrected chi connectivity index (χ1v) is 10.5. The fraction of sp³-hybridized carbons (Fsp3) is 0.400. The minimum atomic E-state index is -0.00567. The molecular formula is C20H23N5O2S. The molecule has 0 radical (unpaired) electrons. The summed E-state index contributed by atoms with van der Waals surface area (Å²) < 4.78 is 9.01. The van der Waals surface area contributed by atoms with Gasteiger partial charge in [0.15, 0.2) is 5.16 Å². The number of para-hydroxylation sites is 1. The van der Waals surface area contributed by atoms with Gasteiger partial charge in [0.2, 0.25) is 5.78 Å². The molecule has 4 aromatic rings. The van der Waals surface area contributed by atoms with Crippen LogP contribution in [-0.4, -0.2) is 24.3 Å². The molecule has 0 aliphatic carbocycles. The van der Waals surface area contributed by atoms with E-state index in [2.05, 4.69) is 22.3 Å². The highest BCUT2D eigenvalue weighted by Crippen LogP contribution is 2.27. The molecule has 0 atom stereocenters. The van der Waals surface area contributed by atoms with Gasteiger partial charge in [-0.25, -0.2) is 0 Å². The number of unbranched alkanes of at least 4 members (excludes halogenated alkanes) is 2. The van der Waals surface area contributed by atoms with Crippen LogP contribution in [0.3, 0.4) is 0 Å². The average Bonchev–Trinajstić information content (AvgIpc) is 3.26. The maximum Gasteiger partial charge on any atom is 0.262 e. The Morgan fingerprint density at radius 2 is 1.96 bits per heavy atom. The van der Waals surface area contributed by atoms with Crippen molar-refractivity contribution < 1.29 is 4.52 Å². The van der Waals surface area contributed by atoms with Gasteiger partial charge in [-0.3, -0.25) is 13.8 Å². The zero-order valence-electron chi connectivity index (χ0n) is 16.3. The fourth-order valence-corrected chi connectivity index (χ4v) is 4.49. The molecule has 1 aromatic carbocycles.